The van der Waals surface area contributed by atoms with Gasteiger partial charge in [-0.05, 0) is 68.2 Å². The number of ketones is 1. The molecule has 1 heterocycles. The molecule has 1 aliphatic rings. The van der Waals surface area contributed by atoms with Gasteiger partial charge in [-0.25, -0.2) is 5.48 Å². The van der Waals surface area contributed by atoms with Crippen molar-refractivity contribution in [1.29, 1.82) is 0 Å². The van der Waals surface area contributed by atoms with E-state index in [9.17, 15) is 29.2 Å². The first-order chi connectivity index (χ1) is 20.6. The van der Waals surface area contributed by atoms with Crippen LogP contribution in [0.1, 0.15) is 72.1 Å². The predicted molar refractivity (Wildman–Crippen MR) is 172 cm³/mol. The SMILES string of the molecule is CC(C)C[C@H](C(=O)N[C@H](C(=O)c1ccc(OCCN(C)C)cc1)C(C)(C)C)C(CN1C(=O)c2ccccc2C1=O)C(=O)NO.Cl. The van der Waals surface area contributed by atoms with Crippen LogP contribution in [0.4, 0.5) is 0 Å². The van der Waals surface area contributed by atoms with E-state index in [4.69, 9.17) is 4.74 Å². The van der Waals surface area contributed by atoms with Crippen LogP contribution in [0.5, 0.6) is 5.75 Å². The molecule has 3 atom stereocenters. The first kappa shape index (κ1) is 37.4. The molecule has 0 saturated heterocycles. The number of amides is 4. The highest BCUT2D eigenvalue weighted by Crippen LogP contribution is 2.30. The Balaban J connectivity index is 0.00000705. The van der Waals surface area contributed by atoms with Gasteiger partial charge in [-0.15, -0.1) is 12.4 Å². The molecule has 0 spiro atoms. The summed E-state index contributed by atoms with van der Waals surface area (Å²) in [5.41, 5.74) is 1.68. The minimum Gasteiger partial charge on any atom is -0.492 e. The summed E-state index contributed by atoms with van der Waals surface area (Å²) in [6.07, 6.45) is 0.192. The van der Waals surface area contributed by atoms with Crippen molar-refractivity contribution in [2.75, 3.05) is 33.8 Å². The lowest BCUT2D eigenvalue weighted by molar-refractivity contribution is -0.141. The van der Waals surface area contributed by atoms with Gasteiger partial charge in [0, 0.05) is 18.7 Å². The van der Waals surface area contributed by atoms with Gasteiger partial charge in [0.1, 0.15) is 12.4 Å². The van der Waals surface area contributed by atoms with E-state index in [0.29, 0.717) is 17.9 Å². The van der Waals surface area contributed by atoms with Crippen molar-refractivity contribution in [1.82, 2.24) is 20.6 Å². The number of ether oxygens (including phenoxy) is 1. The van der Waals surface area contributed by atoms with E-state index in [1.165, 1.54) is 12.1 Å². The quantitative estimate of drug-likeness (QED) is 0.122. The largest absolute Gasteiger partial charge is 0.492 e. The van der Waals surface area contributed by atoms with E-state index >= 15 is 0 Å². The summed E-state index contributed by atoms with van der Waals surface area (Å²) in [7, 11) is 3.89. The summed E-state index contributed by atoms with van der Waals surface area (Å²) < 4.78 is 5.73. The Labute approximate surface area is 271 Å². The van der Waals surface area contributed by atoms with Gasteiger partial charge in [-0.1, -0.05) is 46.8 Å². The molecule has 0 aliphatic carbocycles. The number of benzene rings is 2. The molecule has 4 amide bonds. The monoisotopic (exact) mass is 644 g/mol. The van der Waals surface area contributed by atoms with E-state index in [2.05, 4.69) is 5.32 Å². The van der Waals surface area contributed by atoms with Gasteiger partial charge >= 0.3 is 0 Å². The molecule has 0 radical (unpaired) electrons. The summed E-state index contributed by atoms with van der Waals surface area (Å²) in [6, 6.07) is 12.1. The van der Waals surface area contributed by atoms with Crippen molar-refractivity contribution < 1.29 is 33.9 Å². The maximum absolute atomic E-state index is 14.0. The minimum absolute atomic E-state index is 0. The van der Waals surface area contributed by atoms with Gasteiger partial charge in [0.2, 0.25) is 11.8 Å². The van der Waals surface area contributed by atoms with Crippen molar-refractivity contribution in [3.05, 3.63) is 65.2 Å². The van der Waals surface area contributed by atoms with E-state index in [1.807, 2.05) is 53.6 Å². The first-order valence-corrected chi connectivity index (χ1v) is 14.8. The summed E-state index contributed by atoms with van der Waals surface area (Å²) >= 11 is 0. The number of nitrogens with zero attached hydrogens (tertiary/aromatic N) is 2. The third-order valence-corrected chi connectivity index (χ3v) is 7.61. The average Bonchev–Trinajstić information content (AvgIpc) is 3.20. The molecular weight excluding hydrogens is 600 g/mol. The molecule has 3 N–H and O–H groups in total. The molecule has 3 rings (SSSR count). The lowest BCUT2D eigenvalue weighted by Gasteiger charge is -2.34. The number of nitrogens with one attached hydrogen (secondary N) is 2. The van der Waals surface area contributed by atoms with Gasteiger partial charge in [0.05, 0.1) is 29.0 Å². The van der Waals surface area contributed by atoms with Crippen LogP contribution in [0.25, 0.3) is 0 Å². The topological polar surface area (TPSA) is 145 Å². The molecular formula is C33H45ClN4O7. The first-order valence-electron chi connectivity index (χ1n) is 14.8. The Morgan fingerprint density at radius 1 is 0.911 bits per heavy atom. The van der Waals surface area contributed by atoms with Gasteiger partial charge in [0.25, 0.3) is 11.8 Å². The molecule has 1 aliphatic heterocycles. The van der Waals surface area contributed by atoms with E-state index in [1.54, 1.807) is 41.9 Å². The van der Waals surface area contributed by atoms with Crippen LogP contribution in [-0.2, 0) is 9.59 Å². The van der Waals surface area contributed by atoms with Gasteiger partial charge in [-0.3, -0.25) is 34.1 Å². The van der Waals surface area contributed by atoms with Crippen LogP contribution in [-0.4, -0.2) is 84.3 Å². The number of likely N-dealkylation sites (N-methyl/N-ethyl adjacent to an activating group) is 1. The number of imide groups is 1. The number of hydrogen-bond donors (Lipinski definition) is 3. The predicted octanol–water partition coefficient (Wildman–Crippen LogP) is 3.84. The summed E-state index contributed by atoms with van der Waals surface area (Å²) in [5, 5.41) is 12.5. The summed E-state index contributed by atoms with van der Waals surface area (Å²) in [6.45, 7) is 10.00. The fraction of sp³-hybridized carbons (Fsp3) is 0.485. The Morgan fingerprint density at radius 2 is 1.47 bits per heavy atom. The second-order valence-electron chi connectivity index (χ2n) is 12.9. The fourth-order valence-corrected chi connectivity index (χ4v) is 5.19. The maximum Gasteiger partial charge on any atom is 0.261 e. The highest BCUT2D eigenvalue weighted by atomic mass is 35.5. The van der Waals surface area contributed by atoms with Crippen molar-refractivity contribution in [3.63, 3.8) is 0 Å². The van der Waals surface area contributed by atoms with E-state index in [-0.39, 0.29) is 41.7 Å². The molecule has 11 nitrogen and oxygen atoms in total. The number of fused-ring (bicyclic) bond motifs is 1. The van der Waals surface area contributed by atoms with Crippen LogP contribution < -0.4 is 15.5 Å². The third kappa shape index (κ3) is 9.35. The van der Waals surface area contributed by atoms with Crippen LogP contribution in [0.2, 0.25) is 0 Å². The molecule has 1 unspecified atom stereocenters. The molecule has 246 valence electrons. The highest BCUT2D eigenvalue weighted by molar-refractivity contribution is 6.21. The third-order valence-electron chi connectivity index (χ3n) is 7.61. The normalized spacial score (nSPS) is 14.8. The number of rotatable bonds is 14. The van der Waals surface area contributed by atoms with Gasteiger partial charge < -0.3 is 15.0 Å². The Hall–Kier alpha value is -3.80. The highest BCUT2D eigenvalue weighted by Gasteiger charge is 2.43. The molecule has 0 saturated carbocycles. The minimum atomic E-state index is -1.28. The van der Waals surface area contributed by atoms with Crippen molar-refractivity contribution >= 4 is 41.8 Å². The molecule has 2 aromatic carbocycles. The number of carbonyl (C=O) groups is 5. The van der Waals surface area contributed by atoms with Crippen molar-refractivity contribution in [2.45, 2.75) is 47.1 Å². The number of hydrogen-bond acceptors (Lipinski definition) is 8. The lowest BCUT2D eigenvalue weighted by Crippen LogP contribution is -2.54. The fourth-order valence-electron chi connectivity index (χ4n) is 5.19. The second kappa shape index (κ2) is 16.0. The number of carbonyl (C=O) groups excluding carboxylic acids is 5. The van der Waals surface area contributed by atoms with Gasteiger partial charge in [-0.2, -0.15) is 0 Å². The maximum atomic E-state index is 14.0. The van der Waals surface area contributed by atoms with Crippen LogP contribution >= 0.6 is 12.4 Å². The zero-order valence-electron chi connectivity index (χ0n) is 27.0. The molecule has 12 heteroatoms. The molecule has 45 heavy (non-hydrogen) atoms. The average molecular weight is 645 g/mol. The zero-order chi connectivity index (χ0) is 32.8. The van der Waals surface area contributed by atoms with Gasteiger partial charge in [0.15, 0.2) is 5.78 Å². The van der Waals surface area contributed by atoms with Crippen molar-refractivity contribution in [2.24, 2.45) is 23.2 Å². The summed E-state index contributed by atoms with van der Waals surface area (Å²) in [5.74, 6) is -4.81. The molecule has 0 fully saturated rings. The Morgan fingerprint density at radius 3 is 1.93 bits per heavy atom. The summed E-state index contributed by atoms with van der Waals surface area (Å²) in [4.78, 5) is 69.9. The zero-order valence-corrected chi connectivity index (χ0v) is 27.8. The van der Waals surface area contributed by atoms with Crippen LogP contribution in [0, 0.1) is 23.2 Å². The van der Waals surface area contributed by atoms with E-state index < -0.39 is 53.5 Å². The number of halogens is 1. The smallest absolute Gasteiger partial charge is 0.261 e. The van der Waals surface area contributed by atoms with E-state index in [0.717, 1.165) is 11.4 Å². The Bertz CT molecular complexity index is 1340. The standard InChI is InChI=1S/C33H44N4O7.ClH/c1-20(2)18-25(26(30(40)35-43)19-37-31(41)23-10-8-9-11-24(23)32(37)42)29(39)34-28(33(3,4)5)27(38)21-12-14-22(15-13-21)44-17-16-36(6)7;/h8-15,20,25-26,28,43H,16-19H2,1-7H3,(H,34,39)(H,35,40);1H/t25-,26?,28+;/m0./s1. The van der Waals surface area contributed by atoms with Crippen LogP contribution in [0.3, 0.4) is 0 Å². The second-order valence-corrected chi connectivity index (χ2v) is 12.9. The molecule has 0 aromatic heterocycles. The Kier molecular flexibility index (Phi) is 13.3. The molecule has 0 bridgehead atoms. The molecule has 2 aromatic rings. The van der Waals surface area contributed by atoms with Crippen LogP contribution in [0.15, 0.2) is 48.5 Å². The lowest BCUT2D eigenvalue weighted by atomic mass is 9.79. The number of Topliss-reactive ketones (excluding diaryl/α,β-unsaturated/α-hetero) is 1. The van der Waals surface area contributed by atoms with Crippen molar-refractivity contribution in [3.8, 4) is 5.75 Å². The number of hydroxylamine groups is 1.